The number of rotatable bonds is 16. The summed E-state index contributed by atoms with van der Waals surface area (Å²) < 4.78 is 50.5. The number of ketones is 1. The minimum absolute atomic E-state index is 0.0454. The topological polar surface area (TPSA) is 161 Å². The van der Waals surface area contributed by atoms with Crippen LogP contribution in [0.2, 0.25) is 0 Å². The van der Waals surface area contributed by atoms with Gasteiger partial charge < -0.3 is 23.7 Å². The standard InChI is InChI=1S/C39H39N5O7S2/c1-26-2-6-28(38-37(26)29(21-40)22-42-38)25-53(46,47)33-8-4-27(5-9-33)3-7-30(45)24-48-17-18-49-36-20-32(51-43-36)23-44-15-11-31(12-16-44)50-35-10-14-41-34-13-19-52-39(34)35/h2,4-6,8-10,13-14,19-20,22,31,42H,3,7,11-12,15-18,23-25H2,1H3. The molecule has 1 aliphatic heterocycles. The highest BCUT2D eigenvalue weighted by Crippen LogP contribution is 2.31. The van der Waals surface area contributed by atoms with Crippen molar-refractivity contribution in [3.05, 3.63) is 100 Å². The van der Waals surface area contributed by atoms with E-state index in [1.54, 1.807) is 60.1 Å². The van der Waals surface area contributed by atoms with E-state index in [-0.39, 0.29) is 48.8 Å². The third kappa shape index (κ3) is 8.77. The van der Waals surface area contributed by atoms with E-state index in [4.69, 9.17) is 18.7 Å². The van der Waals surface area contributed by atoms with Crippen molar-refractivity contribution < 1.29 is 31.9 Å². The fourth-order valence-corrected chi connectivity index (χ4v) is 8.72. The van der Waals surface area contributed by atoms with Crippen LogP contribution in [-0.4, -0.2) is 73.2 Å². The van der Waals surface area contributed by atoms with Gasteiger partial charge in [0.2, 0.25) is 0 Å². The Labute approximate surface area is 311 Å². The number of hydrogen-bond donors (Lipinski definition) is 1. The van der Waals surface area contributed by atoms with E-state index < -0.39 is 9.84 Å². The van der Waals surface area contributed by atoms with Gasteiger partial charge in [0.15, 0.2) is 21.4 Å². The molecular weight excluding hydrogens is 715 g/mol. The van der Waals surface area contributed by atoms with Crippen LogP contribution in [0.5, 0.6) is 11.6 Å². The van der Waals surface area contributed by atoms with Crippen LogP contribution >= 0.6 is 11.3 Å². The van der Waals surface area contributed by atoms with Gasteiger partial charge in [-0.3, -0.25) is 14.7 Å². The number of nitrogens with zero attached hydrogens (tertiary/aromatic N) is 4. The van der Waals surface area contributed by atoms with E-state index in [2.05, 4.69) is 26.1 Å². The normalized spacial score (nSPS) is 14.1. The van der Waals surface area contributed by atoms with E-state index in [0.717, 1.165) is 64.2 Å². The number of aryl methyl sites for hydroxylation is 2. The first-order chi connectivity index (χ1) is 25.8. The second kappa shape index (κ2) is 16.3. The second-order valence-electron chi connectivity index (χ2n) is 13.1. The van der Waals surface area contributed by atoms with Crippen molar-refractivity contribution in [3.8, 4) is 17.7 Å². The third-order valence-corrected chi connectivity index (χ3v) is 12.0. The first-order valence-corrected chi connectivity index (χ1v) is 20.0. The number of carbonyl (C=O) groups excluding carboxylic acids is 1. The number of aromatic amines is 1. The Hall–Kier alpha value is -5.07. The average Bonchev–Trinajstić information content (AvgIpc) is 3.94. The lowest BCUT2D eigenvalue weighted by Gasteiger charge is -2.31. The van der Waals surface area contributed by atoms with Crippen LogP contribution in [0.4, 0.5) is 0 Å². The van der Waals surface area contributed by atoms with E-state index in [0.29, 0.717) is 35.5 Å². The van der Waals surface area contributed by atoms with Gasteiger partial charge in [-0.25, -0.2) is 8.42 Å². The van der Waals surface area contributed by atoms with Crippen molar-refractivity contribution >= 4 is 48.1 Å². The SMILES string of the molecule is Cc1ccc(CS(=O)(=O)c2ccc(CCC(=O)COCCOc3cc(CN4CCC(Oc5ccnc6ccsc56)CC4)on3)cc2)c2[nH]cc(C#N)c12. The highest BCUT2D eigenvalue weighted by molar-refractivity contribution is 7.90. The van der Waals surface area contributed by atoms with Crippen LogP contribution in [0.3, 0.4) is 0 Å². The molecule has 1 saturated heterocycles. The number of fused-ring (bicyclic) bond motifs is 2. The summed E-state index contributed by atoms with van der Waals surface area (Å²) in [6, 6.07) is 18.1. The molecule has 7 rings (SSSR count). The Morgan fingerprint density at radius 1 is 1.11 bits per heavy atom. The molecule has 6 aromatic rings. The zero-order valence-corrected chi connectivity index (χ0v) is 30.9. The summed E-state index contributed by atoms with van der Waals surface area (Å²) in [5.74, 6) is 1.73. The van der Waals surface area contributed by atoms with Crippen molar-refractivity contribution in [1.29, 1.82) is 5.26 Å². The Morgan fingerprint density at radius 2 is 1.94 bits per heavy atom. The molecule has 14 heteroatoms. The Morgan fingerprint density at radius 3 is 2.75 bits per heavy atom. The summed E-state index contributed by atoms with van der Waals surface area (Å²) in [5, 5.41) is 16.2. The molecule has 0 unspecified atom stereocenters. The molecule has 0 saturated carbocycles. The van der Waals surface area contributed by atoms with Crippen LogP contribution in [0.15, 0.2) is 81.8 Å². The molecule has 0 aliphatic carbocycles. The Balaban J connectivity index is 0.781. The molecule has 0 amide bonds. The van der Waals surface area contributed by atoms with Crippen molar-refractivity contribution in [2.45, 2.75) is 55.9 Å². The number of nitrogens with one attached hydrogen (secondary N) is 1. The van der Waals surface area contributed by atoms with Crippen LogP contribution in [0.1, 0.15) is 47.3 Å². The van der Waals surface area contributed by atoms with Crippen LogP contribution < -0.4 is 9.47 Å². The number of sulfone groups is 1. The van der Waals surface area contributed by atoms with Gasteiger partial charge >= 0.3 is 0 Å². The summed E-state index contributed by atoms with van der Waals surface area (Å²) in [4.78, 5) is 22.4. The minimum Gasteiger partial charge on any atom is -0.489 e. The zero-order valence-electron chi connectivity index (χ0n) is 29.2. The maximum atomic E-state index is 13.2. The number of ether oxygens (including phenoxy) is 3. The number of aromatic nitrogens is 3. The predicted octanol–water partition coefficient (Wildman–Crippen LogP) is 6.56. The van der Waals surface area contributed by atoms with Gasteiger partial charge in [-0.1, -0.05) is 24.3 Å². The van der Waals surface area contributed by atoms with Crippen molar-refractivity contribution in [3.63, 3.8) is 0 Å². The van der Waals surface area contributed by atoms with Gasteiger partial charge in [0, 0.05) is 43.4 Å². The maximum absolute atomic E-state index is 13.2. The maximum Gasteiger partial charge on any atom is 0.254 e. The Kier molecular flexibility index (Phi) is 11.2. The summed E-state index contributed by atoms with van der Waals surface area (Å²) in [5.41, 5.74) is 4.48. The lowest BCUT2D eigenvalue weighted by atomic mass is 10.0. The van der Waals surface area contributed by atoms with Crippen LogP contribution in [-0.2, 0) is 38.1 Å². The minimum atomic E-state index is -3.64. The molecule has 5 heterocycles. The fraction of sp³-hybridized carbons (Fsp3) is 0.333. The number of nitriles is 1. The van der Waals surface area contributed by atoms with Gasteiger partial charge in [0.1, 0.15) is 31.1 Å². The lowest BCUT2D eigenvalue weighted by molar-refractivity contribution is -0.123. The molecule has 4 aromatic heterocycles. The number of pyridine rings is 1. The molecule has 274 valence electrons. The van der Waals surface area contributed by atoms with E-state index in [9.17, 15) is 18.5 Å². The lowest BCUT2D eigenvalue weighted by Crippen LogP contribution is -2.37. The summed E-state index contributed by atoms with van der Waals surface area (Å²) >= 11 is 1.65. The van der Waals surface area contributed by atoms with Crippen LogP contribution in [0.25, 0.3) is 21.1 Å². The summed E-state index contributed by atoms with van der Waals surface area (Å²) in [6.45, 7) is 4.69. The molecule has 12 nitrogen and oxygen atoms in total. The van der Waals surface area contributed by atoms with E-state index in [1.165, 1.54) is 0 Å². The van der Waals surface area contributed by atoms with E-state index in [1.807, 2.05) is 30.5 Å². The van der Waals surface area contributed by atoms with Gasteiger partial charge in [0.05, 0.1) is 45.1 Å². The van der Waals surface area contributed by atoms with Crippen molar-refractivity contribution in [2.24, 2.45) is 0 Å². The number of piperidine rings is 1. The number of H-pyrrole nitrogens is 1. The molecule has 2 aromatic carbocycles. The molecule has 0 spiro atoms. The molecule has 1 fully saturated rings. The highest BCUT2D eigenvalue weighted by Gasteiger charge is 2.23. The molecule has 1 aliphatic rings. The zero-order chi connectivity index (χ0) is 36.8. The van der Waals surface area contributed by atoms with Gasteiger partial charge in [-0.15, -0.1) is 11.3 Å². The number of thiophene rings is 1. The monoisotopic (exact) mass is 753 g/mol. The number of benzene rings is 2. The number of hydrogen-bond acceptors (Lipinski definition) is 12. The Bertz CT molecular complexity index is 2350. The predicted molar refractivity (Wildman–Crippen MR) is 200 cm³/mol. The second-order valence-corrected chi connectivity index (χ2v) is 16.0. The quantitative estimate of drug-likeness (QED) is 0.107. The number of Topliss-reactive ketones (excluding diaryl/α,β-unsaturated/α-hetero) is 1. The van der Waals surface area contributed by atoms with E-state index >= 15 is 0 Å². The molecule has 0 atom stereocenters. The highest BCUT2D eigenvalue weighted by atomic mass is 32.2. The molecular formula is C39H39N5O7S2. The molecule has 1 N–H and O–H groups in total. The van der Waals surface area contributed by atoms with Gasteiger partial charge in [-0.05, 0) is 77.7 Å². The first kappa shape index (κ1) is 36.3. The summed E-state index contributed by atoms with van der Waals surface area (Å²) in [6.07, 6.45) is 6.12. The van der Waals surface area contributed by atoms with Crippen LogP contribution in [0, 0.1) is 18.3 Å². The number of carbonyl (C=O) groups is 1. The van der Waals surface area contributed by atoms with Crippen molar-refractivity contribution in [1.82, 2.24) is 20.0 Å². The number of likely N-dealkylation sites (tertiary alicyclic amines) is 1. The third-order valence-electron chi connectivity index (χ3n) is 9.36. The van der Waals surface area contributed by atoms with Gasteiger partial charge in [-0.2, -0.15) is 5.26 Å². The largest absolute Gasteiger partial charge is 0.489 e. The average molecular weight is 754 g/mol. The molecule has 0 radical (unpaired) electrons. The molecule has 53 heavy (non-hydrogen) atoms. The smallest absolute Gasteiger partial charge is 0.254 e. The van der Waals surface area contributed by atoms with Crippen molar-refractivity contribution in [2.75, 3.05) is 32.9 Å². The molecule has 0 bridgehead atoms. The fourth-order valence-electron chi connectivity index (χ4n) is 6.55. The van der Waals surface area contributed by atoms with Gasteiger partial charge in [0.25, 0.3) is 5.88 Å². The first-order valence-electron chi connectivity index (χ1n) is 17.5. The summed E-state index contributed by atoms with van der Waals surface area (Å²) in [7, 11) is -3.64.